The molecule has 11 nitrogen and oxygen atoms in total. The molecule has 5 heterocycles. The summed E-state index contributed by atoms with van der Waals surface area (Å²) in [6.07, 6.45) is -0.965. The maximum atomic E-state index is 14.0. The number of nitrogens with one attached hydrogen (secondary N) is 3. The van der Waals surface area contributed by atoms with Crippen LogP contribution in [0.5, 0.6) is 0 Å². The van der Waals surface area contributed by atoms with Crippen LogP contribution in [0.25, 0.3) is 22.2 Å². The third-order valence-corrected chi connectivity index (χ3v) is 9.57. The number of aromatic nitrogens is 5. The van der Waals surface area contributed by atoms with Crippen LogP contribution in [-0.4, -0.2) is 66.9 Å². The Balaban J connectivity index is 1.18. The number of aryl methyl sites for hydroxylation is 1. The van der Waals surface area contributed by atoms with Crippen molar-refractivity contribution in [1.82, 2.24) is 34.9 Å². The summed E-state index contributed by atoms with van der Waals surface area (Å²) in [5, 5.41) is 23.9. The zero-order valence-electron chi connectivity index (χ0n) is 28.0. The van der Waals surface area contributed by atoms with E-state index >= 15 is 0 Å². The number of carbonyl (C=O) groups excluding carboxylic acids is 1. The van der Waals surface area contributed by atoms with Gasteiger partial charge in [-0.15, -0.1) is 0 Å². The van der Waals surface area contributed by atoms with Crippen LogP contribution in [0.2, 0.25) is 0 Å². The lowest BCUT2D eigenvalue weighted by molar-refractivity contribution is -0.144. The van der Waals surface area contributed by atoms with E-state index in [-0.39, 0.29) is 28.8 Å². The number of likely N-dealkylation sites (tertiary alicyclic amines) is 1. The summed E-state index contributed by atoms with van der Waals surface area (Å²) in [4.78, 5) is 27.6. The number of aliphatic hydroxyl groups is 1. The molecule has 0 radical (unpaired) electrons. The second kappa shape index (κ2) is 13.4. The Morgan fingerprint density at radius 3 is 2.44 bits per heavy atom. The number of aliphatic hydroxyl groups excluding tert-OH is 1. The van der Waals surface area contributed by atoms with Gasteiger partial charge in [0.15, 0.2) is 11.5 Å². The van der Waals surface area contributed by atoms with Gasteiger partial charge >= 0.3 is 6.18 Å². The van der Waals surface area contributed by atoms with E-state index in [2.05, 4.69) is 36.0 Å². The van der Waals surface area contributed by atoms with Crippen LogP contribution in [0.3, 0.4) is 0 Å². The van der Waals surface area contributed by atoms with Gasteiger partial charge in [0, 0.05) is 49.8 Å². The Morgan fingerprint density at radius 2 is 1.74 bits per heavy atom. The average molecular weight is 686 g/mol. The van der Waals surface area contributed by atoms with Crippen LogP contribution in [0, 0.1) is 13.8 Å². The zero-order valence-corrected chi connectivity index (χ0v) is 28.0. The van der Waals surface area contributed by atoms with E-state index in [4.69, 9.17) is 0 Å². The van der Waals surface area contributed by atoms with E-state index < -0.39 is 18.1 Å². The normalized spacial score (nSPS) is 18.0. The van der Waals surface area contributed by atoms with Gasteiger partial charge in [-0.05, 0) is 92.2 Å². The molecular weight excluding hydrogens is 647 g/mol. The molecule has 3 aromatic heterocycles. The summed E-state index contributed by atoms with van der Waals surface area (Å²) < 4.78 is 43.9. The average Bonchev–Trinajstić information content (AvgIpc) is 3.72. The van der Waals surface area contributed by atoms with E-state index in [0.29, 0.717) is 48.7 Å². The molecule has 0 unspecified atom stereocenters. The standard InChI is InChI=1S/C36H38F3N9O2/c1-20-24(25-8-5-10-27(21(25)2)43-34(50)30-16-31-28(40-3)11-6-13-48(31)46-30)7-4-9-26(20)42-33-32-29(44-35(45-33)36(37,38)39)15-22(17-41-32)18-47-14-12-23(49)19-47/h4-5,7-10,15-17,23,28,40,49H,6,11-14,18-19H2,1-3H3,(H,43,50)(H,42,44,45)/t23-,28-/m1/s1. The molecule has 2 aliphatic rings. The second-order valence-corrected chi connectivity index (χ2v) is 13.0. The Kier molecular flexibility index (Phi) is 9.01. The van der Waals surface area contributed by atoms with Crippen molar-refractivity contribution in [2.75, 3.05) is 30.8 Å². The number of alkyl halides is 3. The molecule has 1 amide bonds. The molecule has 1 fully saturated rings. The fourth-order valence-corrected chi connectivity index (χ4v) is 6.90. The highest BCUT2D eigenvalue weighted by atomic mass is 19.4. The first-order chi connectivity index (χ1) is 24.0. The SMILES string of the molecule is CN[C@@H]1CCCn2nc(C(=O)Nc3cccc(-c4cccc(Nc5nc(C(F)(F)F)nc6cc(CN7CC[C@@H](O)C7)cnc56)c4C)c3C)cc21. The maximum absolute atomic E-state index is 14.0. The summed E-state index contributed by atoms with van der Waals surface area (Å²) in [6, 6.07) is 14.7. The van der Waals surface area contributed by atoms with Gasteiger partial charge in [-0.25, -0.2) is 9.97 Å². The summed E-state index contributed by atoms with van der Waals surface area (Å²) in [5.74, 6) is -1.64. The van der Waals surface area contributed by atoms with Crippen molar-refractivity contribution in [1.29, 1.82) is 0 Å². The zero-order chi connectivity index (χ0) is 35.2. The minimum absolute atomic E-state index is 0.0632. The number of pyridine rings is 1. The molecule has 14 heteroatoms. The summed E-state index contributed by atoms with van der Waals surface area (Å²) >= 11 is 0. The Morgan fingerprint density at radius 1 is 1.00 bits per heavy atom. The summed E-state index contributed by atoms with van der Waals surface area (Å²) in [6.45, 7) is 6.18. The quantitative estimate of drug-likeness (QED) is 0.152. The van der Waals surface area contributed by atoms with Crippen molar-refractivity contribution in [3.8, 4) is 11.1 Å². The van der Waals surface area contributed by atoms with Crippen molar-refractivity contribution < 1.29 is 23.1 Å². The van der Waals surface area contributed by atoms with Crippen molar-refractivity contribution in [2.45, 2.75) is 64.5 Å². The van der Waals surface area contributed by atoms with Gasteiger partial charge in [0.2, 0.25) is 5.82 Å². The van der Waals surface area contributed by atoms with E-state index in [9.17, 15) is 23.1 Å². The fraction of sp³-hybridized carbons (Fsp3) is 0.361. The van der Waals surface area contributed by atoms with Gasteiger partial charge in [0.1, 0.15) is 5.52 Å². The lowest BCUT2D eigenvalue weighted by atomic mass is 9.94. The van der Waals surface area contributed by atoms with Crippen molar-refractivity contribution in [3.63, 3.8) is 0 Å². The van der Waals surface area contributed by atoms with Gasteiger partial charge in [-0.2, -0.15) is 18.3 Å². The summed E-state index contributed by atoms with van der Waals surface area (Å²) in [5.41, 5.74) is 6.75. The Bertz CT molecular complexity index is 2080. The topological polar surface area (TPSA) is 133 Å². The third-order valence-electron chi connectivity index (χ3n) is 9.57. The van der Waals surface area contributed by atoms with Gasteiger partial charge in [-0.1, -0.05) is 24.3 Å². The first-order valence-electron chi connectivity index (χ1n) is 16.7. The monoisotopic (exact) mass is 685 g/mol. The maximum Gasteiger partial charge on any atom is 0.451 e. The highest BCUT2D eigenvalue weighted by Crippen LogP contribution is 2.37. The van der Waals surface area contributed by atoms with Crippen LogP contribution >= 0.6 is 0 Å². The van der Waals surface area contributed by atoms with Crippen LogP contribution in [0.15, 0.2) is 54.7 Å². The minimum Gasteiger partial charge on any atom is -0.392 e. The molecule has 2 aliphatic heterocycles. The Labute approximate surface area is 287 Å². The van der Waals surface area contributed by atoms with Crippen molar-refractivity contribution in [3.05, 3.63) is 88.6 Å². The third kappa shape index (κ3) is 6.65. The molecule has 2 atom stereocenters. The van der Waals surface area contributed by atoms with E-state index in [1.54, 1.807) is 18.3 Å². The van der Waals surface area contributed by atoms with E-state index in [1.165, 1.54) is 0 Å². The fourth-order valence-electron chi connectivity index (χ4n) is 6.90. The first-order valence-corrected chi connectivity index (χ1v) is 16.7. The number of rotatable bonds is 8. The van der Waals surface area contributed by atoms with Crippen molar-refractivity contribution >= 4 is 34.1 Å². The Hall–Kier alpha value is -4.92. The molecular formula is C36H38F3N9O2. The van der Waals surface area contributed by atoms with Crippen molar-refractivity contribution in [2.24, 2.45) is 0 Å². The lowest BCUT2D eigenvalue weighted by Gasteiger charge is -2.22. The number of fused-ring (bicyclic) bond motifs is 2. The van der Waals surface area contributed by atoms with Gasteiger partial charge in [0.25, 0.3) is 5.91 Å². The lowest BCUT2D eigenvalue weighted by Crippen LogP contribution is -2.24. The molecule has 5 aromatic rings. The first kappa shape index (κ1) is 33.6. The molecule has 0 bridgehead atoms. The highest BCUT2D eigenvalue weighted by molar-refractivity contribution is 6.04. The molecule has 0 aliphatic carbocycles. The predicted molar refractivity (Wildman–Crippen MR) is 184 cm³/mol. The molecule has 0 spiro atoms. The molecule has 7 rings (SSSR count). The van der Waals surface area contributed by atoms with Gasteiger partial charge in [0.05, 0.1) is 17.3 Å². The number of hydrogen-bond acceptors (Lipinski definition) is 9. The number of benzene rings is 2. The number of β-amino-alcohol motifs (C(OH)–C–C–N with tert-alkyl or cyclic N) is 1. The number of amides is 1. The molecule has 0 saturated carbocycles. The minimum atomic E-state index is -4.77. The van der Waals surface area contributed by atoms with Gasteiger partial charge < -0.3 is 21.1 Å². The number of halogens is 3. The van der Waals surface area contributed by atoms with Crippen LogP contribution < -0.4 is 16.0 Å². The predicted octanol–water partition coefficient (Wildman–Crippen LogP) is 6.14. The van der Waals surface area contributed by atoms with E-state index in [0.717, 1.165) is 47.3 Å². The van der Waals surface area contributed by atoms with Crippen LogP contribution in [0.1, 0.15) is 64.0 Å². The molecule has 1 saturated heterocycles. The number of anilines is 3. The largest absolute Gasteiger partial charge is 0.451 e. The number of hydrogen-bond donors (Lipinski definition) is 4. The van der Waals surface area contributed by atoms with E-state index in [1.807, 2.05) is 66.9 Å². The molecule has 2 aromatic carbocycles. The molecule has 260 valence electrons. The number of nitrogens with zero attached hydrogens (tertiary/aromatic N) is 6. The molecule has 4 N–H and O–H groups in total. The van der Waals surface area contributed by atoms with Crippen LogP contribution in [-0.2, 0) is 19.3 Å². The molecule has 50 heavy (non-hydrogen) atoms. The van der Waals surface area contributed by atoms with Gasteiger partial charge in [-0.3, -0.25) is 19.4 Å². The smallest absolute Gasteiger partial charge is 0.392 e. The number of carbonyl (C=O) groups is 1. The second-order valence-electron chi connectivity index (χ2n) is 13.0. The summed E-state index contributed by atoms with van der Waals surface area (Å²) in [7, 11) is 1.90. The van der Waals surface area contributed by atoms with Crippen LogP contribution in [0.4, 0.5) is 30.4 Å². The highest BCUT2D eigenvalue weighted by Gasteiger charge is 2.36.